The second-order valence-corrected chi connectivity index (χ2v) is 5.37. The Labute approximate surface area is 129 Å². The molecule has 0 unspecified atom stereocenters. The fourth-order valence-corrected chi connectivity index (χ4v) is 2.51. The first-order chi connectivity index (χ1) is 10.2. The molecule has 0 fully saturated rings. The first-order valence-electron chi connectivity index (χ1n) is 6.33. The van der Waals surface area contributed by atoms with Gasteiger partial charge in [-0.1, -0.05) is 30.3 Å². The van der Waals surface area contributed by atoms with Crippen molar-refractivity contribution in [1.82, 2.24) is 4.98 Å². The van der Waals surface area contributed by atoms with Crippen LogP contribution in [0.2, 0.25) is 0 Å². The number of para-hydroxylation sites is 2. The zero-order valence-corrected chi connectivity index (χ0v) is 12.5. The van der Waals surface area contributed by atoms with E-state index in [1.54, 1.807) is 24.4 Å². The second-order valence-electron chi connectivity index (χ2n) is 4.51. The third-order valence-corrected chi connectivity index (χ3v) is 3.85. The van der Waals surface area contributed by atoms with Crippen LogP contribution in [0, 0.1) is 0 Å². The van der Waals surface area contributed by atoms with Gasteiger partial charge in [-0.2, -0.15) is 0 Å². The van der Waals surface area contributed by atoms with E-state index in [-0.39, 0.29) is 0 Å². The minimum atomic E-state index is -0.661. The lowest BCUT2D eigenvalue weighted by Gasteiger charge is -2.05. The summed E-state index contributed by atoms with van der Waals surface area (Å²) in [5.41, 5.74) is 1.76. The van der Waals surface area contributed by atoms with Crippen molar-refractivity contribution in [3.63, 3.8) is 0 Å². The highest BCUT2D eigenvalue weighted by molar-refractivity contribution is 9.10. The van der Waals surface area contributed by atoms with Crippen LogP contribution in [-0.4, -0.2) is 16.7 Å². The quantitative estimate of drug-likeness (QED) is 0.562. The number of ketones is 1. The molecule has 0 saturated heterocycles. The molecule has 1 amide bonds. The van der Waals surface area contributed by atoms with Gasteiger partial charge < -0.3 is 10.3 Å². The number of H-pyrrole nitrogens is 1. The van der Waals surface area contributed by atoms with Crippen LogP contribution in [0.15, 0.2) is 59.2 Å². The van der Waals surface area contributed by atoms with E-state index in [9.17, 15) is 9.59 Å². The molecule has 2 N–H and O–H groups in total. The summed E-state index contributed by atoms with van der Waals surface area (Å²) in [5.74, 6) is -1.23. The molecule has 0 bridgehead atoms. The van der Waals surface area contributed by atoms with Crippen molar-refractivity contribution in [3.05, 3.63) is 64.8 Å². The SMILES string of the molecule is O=C(Nc1ccccc1Br)C(=O)c1c[nH]c2ccccc12. The first-order valence-corrected chi connectivity index (χ1v) is 7.12. The number of carbonyl (C=O) groups excluding carboxylic acids is 2. The van der Waals surface area contributed by atoms with Gasteiger partial charge in [0, 0.05) is 21.6 Å². The van der Waals surface area contributed by atoms with E-state index in [0.717, 1.165) is 15.4 Å². The molecule has 0 atom stereocenters. The van der Waals surface area contributed by atoms with Gasteiger partial charge in [0.2, 0.25) is 0 Å². The van der Waals surface area contributed by atoms with Gasteiger partial charge in [-0.3, -0.25) is 9.59 Å². The van der Waals surface area contributed by atoms with Gasteiger partial charge in [-0.25, -0.2) is 0 Å². The number of fused-ring (bicyclic) bond motifs is 1. The topological polar surface area (TPSA) is 62.0 Å². The smallest absolute Gasteiger partial charge is 0.296 e. The van der Waals surface area contributed by atoms with Crippen molar-refractivity contribution >= 4 is 44.2 Å². The van der Waals surface area contributed by atoms with E-state index in [0.29, 0.717) is 11.3 Å². The number of anilines is 1. The molecular weight excluding hydrogens is 332 g/mol. The standard InChI is InChI=1S/C16H11BrN2O2/c17-12-6-2-4-8-14(12)19-16(21)15(20)11-9-18-13-7-3-1-5-10(11)13/h1-9,18H,(H,19,21). The van der Waals surface area contributed by atoms with E-state index in [4.69, 9.17) is 0 Å². The van der Waals surface area contributed by atoms with Crippen molar-refractivity contribution < 1.29 is 9.59 Å². The lowest BCUT2D eigenvalue weighted by Crippen LogP contribution is -2.22. The molecule has 4 nitrogen and oxygen atoms in total. The maximum Gasteiger partial charge on any atom is 0.296 e. The van der Waals surface area contributed by atoms with Crippen molar-refractivity contribution in [3.8, 4) is 0 Å². The number of halogens is 1. The fourth-order valence-electron chi connectivity index (χ4n) is 2.12. The van der Waals surface area contributed by atoms with Gasteiger partial charge in [0.15, 0.2) is 0 Å². The Kier molecular flexibility index (Phi) is 3.58. The molecule has 0 aliphatic rings. The minimum absolute atomic E-state index is 0.371. The Balaban J connectivity index is 1.88. The van der Waals surface area contributed by atoms with Gasteiger partial charge in [0.05, 0.1) is 11.3 Å². The third kappa shape index (κ3) is 2.60. The summed E-state index contributed by atoms with van der Waals surface area (Å²) in [7, 11) is 0. The number of aromatic amines is 1. The second kappa shape index (κ2) is 5.54. The van der Waals surface area contributed by atoms with E-state index in [2.05, 4.69) is 26.2 Å². The molecule has 104 valence electrons. The van der Waals surface area contributed by atoms with E-state index in [1.807, 2.05) is 30.3 Å². The number of nitrogens with one attached hydrogen (secondary N) is 2. The summed E-state index contributed by atoms with van der Waals surface area (Å²) in [5, 5.41) is 3.35. The number of hydrogen-bond acceptors (Lipinski definition) is 2. The van der Waals surface area contributed by atoms with Crippen LogP contribution < -0.4 is 5.32 Å². The molecule has 3 aromatic rings. The molecule has 0 saturated carbocycles. The van der Waals surface area contributed by atoms with Crippen LogP contribution in [0.3, 0.4) is 0 Å². The van der Waals surface area contributed by atoms with Crippen molar-refractivity contribution in [2.75, 3.05) is 5.32 Å². The van der Waals surface area contributed by atoms with E-state index < -0.39 is 11.7 Å². The highest BCUT2D eigenvalue weighted by atomic mass is 79.9. The maximum absolute atomic E-state index is 12.3. The van der Waals surface area contributed by atoms with Gasteiger partial charge >= 0.3 is 0 Å². The molecule has 0 radical (unpaired) electrons. The number of hydrogen-bond donors (Lipinski definition) is 2. The number of carbonyl (C=O) groups is 2. The highest BCUT2D eigenvalue weighted by Gasteiger charge is 2.20. The number of Topliss-reactive ketones (excluding diaryl/α,β-unsaturated/α-hetero) is 1. The van der Waals surface area contributed by atoms with Crippen molar-refractivity contribution in [1.29, 1.82) is 0 Å². The van der Waals surface area contributed by atoms with Gasteiger partial charge in [-0.15, -0.1) is 0 Å². The normalized spacial score (nSPS) is 10.5. The molecule has 0 aliphatic heterocycles. The summed E-state index contributed by atoms with van der Waals surface area (Å²) in [6, 6.07) is 14.5. The summed E-state index contributed by atoms with van der Waals surface area (Å²) in [4.78, 5) is 27.4. The van der Waals surface area contributed by atoms with Gasteiger partial charge in [0.1, 0.15) is 0 Å². The molecule has 21 heavy (non-hydrogen) atoms. The van der Waals surface area contributed by atoms with Crippen molar-refractivity contribution in [2.45, 2.75) is 0 Å². The molecule has 2 aromatic carbocycles. The van der Waals surface area contributed by atoms with Crippen LogP contribution in [-0.2, 0) is 4.79 Å². The monoisotopic (exact) mass is 342 g/mol. The highest BCUT2D eigenvalue weighted by Crippen LogP contribution is 2.22. The first kappa shape index (κ1) is 13.6. The zero-order chi connectivity index (χ0) is 14.8. The van der Waals surface area contributed by atoms with Crippen molar-refractivity contribution in [2.24, 2.45) is 0 Å². The Morgan fingerprint density at radius 2 is 1.71 bits per heavy atom. The Morgan fingerprint density at radius 3 is 2.52 bits per heavy atom. The molecule has 3 rings (SSSR count). The molecule has 0 spiro atoms. The number of rotatable bonds is 3. The third-order valence-electron chi connectivity index (χ3n) is 3.16. The maximum atomic E-state index is 12.3. The predicted molar refractivity (Wildman–Crippen MR) is 85.4 cm³/mol. The van der Waals surface area contributed by atoms with Gasteiger partial charge in [0.25, 0.3) is 11.7 Å². The van der Waals surface area contributed by atoms with Crippen LogP contribution in [0.4, 0.5) is 5.69 Å². The number of amides is 1. The average Bonchev–Trinajstić information content (AvgIpc) is 2.92. The zero-order valence-electron chi connectivity index (χ0n) is 10.9. The summed E-state index contributed by atoms with van der Waals surface area (Å²) >= 11 is 3.33. The Morgan fingerprint density at radius 1 is 1.00 bits per heavy atom. The predicted octanol–water partition coefficient (Wildman–Crippen LogP) is 3.75. The Bertz CT molecular complexity index is 839. The van der Waals surface area contributed by atoms with Crippen LogP contribution in [0.25, 0.3) is 10.9 Å². The van der Waals surface area contributed by atoms with E-state index in [1.165, 1.54) is 0 Å². The van der Waals surface area contributed by atoms with Crippen LogP contribution in [0.1, 0.15) is 10.4 Å². The fraction of sp³-hybridized carbons (Fsp3) is 0. The Hall–Kier alpha value is -2.40. The number of benzene rings is 2. The average molecular weight is 343 g/mol. The molecule has 0 aliphatic carbocycles. The molecule has 1 aromatic heterocycles. The van der Waals surface area contributed by atoms with Crippen LogP contribution >= 0.6 is 15.9 Å². The summed E-state index contributed by atoms with van der Waals surface area (Å²) in [6.45, 7) is 0. The summed E-state index contributed by atoms with van der Waals surface area (Å²) < 4.78 is 0.727. The molecule has 5 heteroatoms. The summed E-state index contributed by atoms with van der Waals surface area (Å²) in [6.07, 6.45) is 1.56. The van der Waals surface area contributed by atoms with E-state index >= 15 is 0 Å². The lowest BCUT2D eigenvalue weighted by molar-refractivity contribution is -0.112. The number of aromatic nitrogens is 1. The largest absolute Gasteiger partial charge is 0.360 e. The molecular formula is C16H11BrN2O2. The van der Waals surface area contributed by atoms with Gasteiger partial charge in [-0.05, 0) is 34.1 Å². The minimum Gasteiger partial charge on any atom is -0.360 e. The molecule has 1 heterocycles. The lowest BCUT2D eigenvalue weighted by atomic mass is 10.1. The van der Waals surface area contributed by atoms with Crippen LogP contribution in [0.5, 0.6) is 0 Å².